The lowest BCUT2D eigenvalue weighted by Crippen LogP contribution is -2.19. The number of hydrogen-bond acceptors (Lipinski definition) is 2. The van der Waals surface area contributed by atoms with Gasteiger partial charge in [-0.25, -0.2) is 0 Å². The minimum Gasteiger partial charge on any atom is -0.481 e. The predicted molar refractivity (Wildman–Crippen MR) is 42.5 cm³/mol. The zero-order valence-corrected chi connectivity index (χ0v) is 7.33. The summed E-state index contributed by atoms with van der Waals surface area (Å²) in [6.45, 7) is 3.76. The fourth-order valence-corrected chi connectivity index (χ4v) is 0.939. The highest BCUT2D eigenvalue weighted by Gasteiger charge is 2.17. The molecule has 0 amide bonds. The average Bonchev–Trinajstić information content (AvgIpc) is 1.99. The first-order chi connectivity index (χ1) is 5.11. The highest BCUT2D eigenvalue weighted by Crippen LogP contribution is 2.12. The SMILES string of the molecule is CCC(CC(C)OC)C(=O)O. The quantitative estimate of drug-likeness (QED) is 0.663. The fourth-order valence-electron chi connectivity index (χ4n) is 0.939. The van der Waals surface area contributed by atoms with E-state index in [2.05, 4.69) is 0 Å². The topological polar surface area (TPSA) is 46.5 Å². The summed E-state index contributed by atoms with van der Waals surface area (Å²) in [4.78, 5) is 10.5. The van der Waals surface area contributed by atoms with Crippen LogP contribution in [-0.2, 0) is 9.53 Å². The van der Waals surface area contributed by atoms with Gasteiger partial charge in [-0.2, -0.15) is 0 Å². The van der Waals surface area contributed by atoms with Crippen molar-refractivity contribution in [2.45, 2.75) is 32.8 Å². The van der Waals surface area contributed by atoms with Crippen LogP contribution in [0.3, 0.4) is 0 Å². The minimum atomic E-state index is -0.726. The number of rotatable bonds is 5. The molecule has 1 N–H and O–H groups in total. The molecule has 0 rings (SSSR count). The van der Waals surface area contributed by atoms with Gasteiger partial charge in [-0.15, -0.1) is 0 Å². The van der Waals surface area contributed by atoms with E-state index < -0.39 is 5.97 Å². The molecule has 0 aromatic carbocycles. The summed E-state index contributed by atoms with van der Waals surface area (Å²) in [5.74, 6) is -0.985. The Balaban J connectivity index is 3.77. The summed E-state index contributed by atoms with van der Waals surface area (Å²) in [5.41, 5.74) is 0. The van der Waals surface area contributed by atoms with Crippen molar-refractivity contribution in [3.05, 3.63) is 0 Å². The second kappa shape index (κ2) is 5.13. The molecular weight excluding hydrogens is 144 g/mol. The predicted octanol–water partition coefficient (Wildman–Crippen LogP) is 1.52. The summed E-state index contributed by atoms with van der Waals surface area (Å²) in [6, 6.07) is 0. The monoisotopic (exact) mass is 160 g/mol. The molecule has 2 atom stereocenters. The number of methoxy groups -OCH3 is 1. The maximum atomic E-state index is 10.5. The third-order valence-corrected chi connectivity index (χ3v) is 1.86. The van der Waals surface area contributed by atoms with E-state index in [-0.39, 0.29) is 12.0 Å². The van der Waals surface area contributed by atoms with Gasteiger partial charge in [-0.3, -0.25) is 4.79 Å². The van der Waals surface area contributed by atoms with Crippen LogP contribution in [0.5, 0.6) is 0 Å². The van der Waals surface area contributed by atoms with E-state index >= 15 is 0 Å². The van der Waals surface area contributed by atoms with Gasteiger partial charge >= 0.3 is 5.97 Å². The summed E-state index contributed by atoms with van der Waals surface area (Å²) in [7, 11) is 1.60. The van der Waals surface area contributed by atoms with Crippen LogP contribution in [0.4, 0.5) is 0 Å². The third-order valence-electron chi connectivity index (χ3n) is 1.86. The van der Waals surface area contributed by atoms with Gasteiger partial charge in [-0.05, 0) is 19.8 Å². The molecule has 0 bridgehead atoms. The number of carbonyl (C=O) groups is 1. The lowest BCUT2D eigenvalue weighted by molar-refractivity contribution is -0.143. The van der Waals surface area contributed by atoms with Crippen LogP contribution < -0.4 is 0 Å². The minimum absolute atomic E-state index is 0.0380. The standard InChI is InChI=1S/C8H16O3/c1-4-7(8(9)10)5-6(2)11-3/h6-7H,4-5H2,1-3H3,(H,9,10). The highest BCUT2D eigenvalue weighted by molar-refractivity contribution is 5.69. The Bertz CT molecular complexity index is 123. The normalized spacial score (nSPS) is 15.9. The molecule has 0 radical (unpaired) electrons. The summed E-state index contributed by atoms with van der Waals surface area (Å²) in [5, 5.41) is 8.66. The maximum absolute atomic E-state index is 10.5. The molecular formula is C8H16O3. The number of carboxylic acid groups (broad SMARTS) is 1. The van der Waals surface area contributed by atoms with E-state index in [1.165, 1.54) is 0 Å². The van der Waals surface area contributed by atoms with Crippen LogP contribution in [0, 0.1) is 5.92 Å². The Labute approximate surface area is 67.4 Å². The molecule has 3 heteroatoms. The van der Waals surface area contributed by atoms with Gasteiger partial charge < -0.3 is 9.84 Å². The van der Waals surface area contributed by atoms with Crippen LogP contribution in [0.2, 0.25) is 0 Å². The molecule has 11 heavy (non-hydrogen) atoms. The number of hydrogen-bond donors (Lipinski definition) is 1. The summed E-state index contributed by atoms with van der Waals surface area (Å²) < 4.78 is 4.97. The second-order valence-electron chi connectivity index (χ2n) is 2.73. The smallest absolute Gasteiger partial charge is 0.306 e. The van der Waals surface area contributed by atoms with Crippen molar-refractivity contribution in [3.8, 4) is 0 Å². The first kappa shape index (κ1) is 10.4. The molecule has 3 nitrogen and oxygen atoms in total. The number of carboxylic acids is 1. The number of ether oxygens (including phenoxy) is 1. The molecule has 0 saturated carbocycles. The highest BCUT2D eigenvalue weighted by atomic mass is 16.5. The van der Waals surface area contributed by atoms with Crippen LogP contribution in [0.25, 0.3) is 0 Å². The van der Waals surface area contributed by atoms with Gasteiger partial charge in [0.15, 0.2) is 0 Å². The first-order valence-corrected chi connectivity index (χ1v) is 3.87. The summed E-state index contributed by atoms with van der Waals surface area (Å²) in [6.07, 6.45) is 1.31. The Morgan fingerprint density at radius 3 is 2.45 bits per heavy atom. The molecule has 0 aromatic rings. The molecule has 0 aliphatic carbocycles. The molecule has 0 fully saturated rings. The van der Waals surface area contributed by atoms with Gasteiger partial charge in [0.25, 0.3) is 0 Å². The maximum Gasteiger partial charge on any atom is 0.306 e. The Hall–Kier alpha value is -0.570. The van der Waals surface area contributed by atoms with Gasteiger partial charge in [0.1, 0.15) is 0 Å². The first-order valence-electron chi connectivity index (χ1n) is 3.87. The lowest BCUT2D eigenvalue weighted by atomic mass is 10.00. The van der Waals surface area contributed by atoms with E-state index in [1.807, 2.05) is 13.8 Å². The zero-order valence-electron chi connectivity index (χ0n) is 7.33. The van der Waals surface area contributed by atoms with Crippen LogP contribution in [0.1, 0.15) is 26.7 Å². The van der Waals surface area contributed by atoms with E-state index in [4.69, 9.17) is 9.84 Å². The van der Waals surface area contributed by atoms with E-state index in [0.717, 1.165) is 0 Å². The Kier molecular flexibility index (Phi) is 4.86. The molecule has 0 heterocycles. The number of aliphatic carboxylic acids is 1. The summed E-state index contributed by atoms with van der Waals surface area (Å²) >= 11 is 0. The van der Waals surface area contributed by atoms with Crippen molar-refractivity contribution in [2.75, 3.05) is 7.11 Å². The van der Waals surface area contributed by atoms with Crippen LogP contribution in [-0.4, -0.2) is 24.3 Å². The molecule has 0 aliphatic rings. The third kappa shape index (κ3) is 3.98. The Morgan fingerprint density at radius 2 is 2.18 bits per heavy atom. The average molecular weight is 160 g/mol. The molecule has 66 valence electrons. The Morgan fingerprint density at radius 1 is 1.64 bits per heavy atom. The van der Waals surface area contributed by atoms with Gasteiger partial charge in [0.2, 0.25) is 0 Å². The molecule has 0 saturated heterocycles. The molecule has 0 spiro atoms. The molecule has 2 unspecified atom stereocenters. The van der Waals surface area contributed by atoms with Gasteiger partial charge in [-0.1, -0.05) is 6.92 Å². The van der Waals surface area contributed by atoms with Crippen molar-refractivity contribution in [1.82, 2.24) is 0 Å². The van der Waals surface area contributed by atoms with Crippen molar-refractivity contribution < 1.29 is 14.6 Å². The van der Waals surface area contributed by atoms with Crippen LogP contribution in [0.15, 0.2) is 0 Å². The van der Waals surface area contributed by atoms with E-state index in [0.29, 0.717) is 12.8 Å². The fraction of sp³-hybridized carbons (Fsp3) is 0.875. The van der Waals surface area contributed by atoms with Crippen molar-refractivity contribution in [3.63, 3.8) is 0 Å². The van der Waals surface area contributed by atoms with Crippen molar-refractivity contribution >= 4 is 5.97 Å². The second-order valence-corrected chi connectivity index (χ2v) is 2.73. The molecule has 0 aliphatic heterocycles. The van der Waals surface area contributed by atoms with E-state index in [1.54, 1.807) is 7.11 Å². The van der Waals surface area contributed by atoms with E-state index in [9.17, 15) is 4.79 Å². The largest absolute Gasteiger partial charge is 0.481 e. The molecule has 0 aromatic heterocycles. The van der Waals surface area contributed by atoms with Gasteiger partial charge in [0.05, 0.1) is 12.0 Å². The lowest BCUT2D eigenvalue weighted by Gasteiger charge is -2.14. The van der Waals surface area contributed by atoms with Crippen LogP contribution >= 0.6 is 0 Å². The van der Waals surface area contributed by atoms with Gasteiger partial charge in [0, 0.05) is 7.11 Å². The van der Waals surface area contributed by atoms with Crippen molar-refractivity contribution in [1.29, 1.82) is 0 Å². The van der Waals surface area contributed by atoms with Crippen molar-refractivity contribution in [2.24, 2.45) is 5.92 Å². The zero-order chi connectivity index (χ0) is 8.85.